The highest BCUT2D eigenvalue weighted by molar-refractivity contribution is 6.58. The molecule has 0 radical (unpaired) electrons. The number of benzene rings is 1. The van der Waals surface area contributed by atoms with Gasteiger partial charge in [0.1, 0.15) is 11.4 Å². The number of hydrogen-bond donors (Lipinski definition) is 3. The summed E-state index contributed by atoms with van der Waals surface area (Å²) in [5.41, 5.74) is 0.0613. The van der Waals surface area contributed by atoms with Gasteiger partial charge in [0.25, 0.3) is 0 Å². The van der Waals surface area contributed by atoms with Gasteiger partial charge in [-0.25, -0.2) is 4.79 Å². The van der Waals surface area contributed by atoms with Gasteiger partial charge in [-0.1, -0.05) is 6.07 Å². The van der Waals surface area contributed by atoms with Crippen LogP contribution in [0.1, 0.15) is 20.8 Å². The zero-order valence-corrected chi connectivity index (χ0v) is 11.4. The Morgan fingerprint density at radius 3 is 2.42 bits per heavy atom. The van der Waals surface area contributed by atoms with Crippen molar-refractivity contribution in [2.24, 2.45) is 0 Å². The fourth-order valence-electron chi connectivity index (χ4n) is 1.39. The maximum Gasteiger partial charge on any atom is 0.488 e. The topological polar surface area (TPSA) is 88.0 Å². The van der Waals surface area contributed by atoms with E-state index in [1.165, 1.54) is 25.3 Å². The van der Waals surface area contributed by atoms with E-state index in [4.69, 9.17) is 19.5 Å². The van der Waals surface area contributed by atoms with Gasteiger partial charge in [0, 0.05) is 0 Å². The van der Waals surface area contributed by atoms with Crippen LogP contribution in [0.25, 0.3) is 0 Å². The fraction of sp³-hybridized carbons (Fsp3) is 0.417. The summed E-state index contributed by atoms with van der Waals surface area (Å²) in [5, 5.41) is 20.6. The van der Waals surface area contributed by atoms with E-state index in [1.807, 2.05) is 0 Å². The highest BCUT2D eigenvalue weighted by atomic mass is 16.6. The van der Waals surface area contributed by atoms with Gasteiger partial charge in [-0.15, -0.1) is 0 Å². The lowest BCUT2D eigenvalue weighted by molar-refractivity contribution is 0.0635. The van der Waals surface area contributed by atoms with Crippen LogP contribution in [-0.2, 0) is 4.74 Å². The van der Waals surface area contributed by atoms with E-state index in [2.05, 4.69) is 5.32 Å². The van der Waals surface area contributed by atoms with Crippen molar-refractivity contribution in [3.63, 3.8) is 0 Å². The molecule has 1 aromatic rings. The van der Waals surface area contributed by atoms with Gasteiger partial charge >= 0.3 is 13.2 Å². The van der Waals surface area contributed by atoms with Gasteiger partial charge in [-0.05, 0) is 38.4 Å². The Labute approximate surface area is 112 Å². The van der Waals surface area contributed by atoms with Crippen LogP contribution in [0.4, 0.5) is 10.5 Å². The van der Waals surface area contributed by atoms with Crippen LogP contribution in [0.5, 0.6) is 5.75 Å². The Kier molecular flexibility index (Phi) is 4.80. The first-order valence-electron chi connectivity index (χ1n) is 5.77. The number of carbonyl (C=O) groups is 1. The molecule has 0 heterocycles. The molecule has 0 atom stereocenters. The minimum atomic E-state index is -1.59. The molecule has 0 aromatic heterocycles. The van der Waals surface area contributed by atoms with E-state index in [-0.39, 0.29) is 5.46 Å². The Bertz CT molecular complexity index is 456. The van der Waals surface area contributed by atoms with E-state index < -0.39 is 18.8 Å². The second-order valence-corrected chi connectivity index (χ2v) is 4.96. The van der Waals surface area contributed by atoms with E-state index in [9.17, 15) is 4.79 Å². The third-order valence-corrected chi connectivity index (χ3v) is 2.16. The van der Waals surface area contributed by atoms with E-state index in [1.54, 1.807) is 20.8 Å². The molecule has 0 saturated heterocycles. The molecule has 0 spiro atoms. The lowest BCUT2D eigenvalue weighted by Crippen LogP contribution is -2.30. The zero-order valence-electron chi connectivity index (χ0n) is 11.4. The molecule has 0 aliphatic heterocycles. The monoisotopic (exact) mass is 267 g/mol. The molecule has 0 aliphatic rings. The summed E-state index contributed by atoms with van der Waals surface area (Å²) in [7, 11) is -0.173. The number of anilines is 1. The molecule has 19 heavy (non-hydrogen) atoms. The summed E-state index contributed by atoms with van der Waals surface area (Å²) < 4.78 is 10.2. The molecule has 0 unspecified atom stereocenters. The van der Waals surface area contributed by atoms with Crippen LogP contribution in [0.2, 0.25) is 0 Å². The van der Waals surface area contributed by atoms with Crippen molar-refractivity contribution in [1.82, 2.24) is 0 Å². The average molecular weight is 267 g/mol. The van der Waals surface area contributed by atoms with Crippen molar-refractivity contribution in [2.75, 3.05) is 12.4 Å². The molecule has 6 nitrogen and oxygen atoms in total. The molecule has 3 N–H and O–H groups in total. The highest BCUT2D eigenvalue weighted by Gasteiger charge is 2.19. The van der Waals surface area contributed by atoms with Crippen LogP contribution in [0, 0.1) is 0 Å². The largest absolute Gasteiger partial charge is 0.495 e. The fourth-order valence-corrected chi connectivity index (χ4v) is 1.39. The molecule has 104 valence electrons. The summed E-state index contributed by atoms with van der Waals surface area (Å²) in [6.45, 7) is 5.28. The summed E-state index contributed by atoms with van der Waals surface area (Å²) >= 11 is 0. The second kappa shape index (κ2) is 5.94. The third kappa shape index (κ3) is 4.80. The third-order valence-electron chi connectivity index (χ3n) is 2.16. The molecular formula is C12H18BNO5. The van der Waals surface area contributed by atoms with Crippen molar-refractivity contribution in [3.8, 4) is 5.75 Å². The molecule has 0 bridgehead atoms. The first kappa shape index (κ1) is 15.3. The van der Waals surface area contributed by atoms with Crippen LogP contribution in [-0.4, -0.2) is 36.0 Å². The minimum absolute atomic E-state index is 0.270. The first-order chi connectivity index (χ1) is 8.73. The molecular weight excluding hydrogens is 249 g/mol. The second-order valence-electron chi connectivity index (χ2n) is 4.96. The Morgan fingerprint density at radius 1 is 1.32 bits per heavy atom. The smallest absolute Gasteiger partial charge is 0.488 e. The molecule has 1 amide bonds. The SMILES string of the molecule is COc1cc(B(O)O)ccc1NC(=O)OC(C)(C)C. The van der Waals surface area contributed by atoms with Gasteiger partial charge < -0.3 is 19.5 Å². The summed E-state index contributed by atoms with van der Waals surface area (Å²) in [6, 6.07) is 4.41. The number of ether oxygens (including phenoxy) is 2. The number of amides is 1. The van der Waals surface area contributed by atoms with Gasteiger partial charge in [0.2, 0.25) is 0 Å². The normalized spacial score (nSPS) is 10.8. The molecule has 0 saturated carbocycles. The van der Waals surface area contributed by atoms with Crippen molar-refractivity contribution in [1.29, 1.82) is 0 Å². The van der Waals surface area contributed by atoms with Crippen molar-refractivity contribution < 1.29 is 24.3 Å². The Balaban J connectivity index is 2.86. The predicted octanol–water partition coefficient (Wildman–Crippen LogP) is 0.722. The number of carbonyl (C=O) groups excluding carboxylic acids is 1. The molecule has 0 aliphatic carbocycles. The van der Waals surface area contributed by atoms with Crippen LogP contribution in [0.3, 0.4) is 0 Å². The van der Waals surface area contributed by atoms with Crippen molar-refractivity contribution in [3.05, 3.63) is 18.2 Å². The summed E-state index contributed by atoms with van der Waals surface area (Å²) in [5.74, 6) is 0.316. The quantitative estimate of drug-likeness (QED) is 0.702. The summed E-state index contributed by atoms with van der Waals surface area (Å²) in [6.07, 6.45) is -0.608. The Morgan fingerprint density at radius 2 is 1.95 bits per heavy atom. The lowest BCUT2D eigenvalue weighted by atomic mass is 9.80. The van der Waals surface area contributed by atoms with E-state index >= 15 is 0 Å². The van der Waals surface area contributed by atoms with Gasteiger partial charge in [0.05, 0.1) is 12.8 Å². The van der Waals surface area contributed by atoms with Crippen molar-refractivity contribution in [2.45, 2.75) is 26.4 Å². The van der Waals surface area contributed by atoms with Crippen LogP contribution in [0.15, 0.2) is 18.2 Å². The van der Waals surface area contributed by atoms with Gasteiger partial charge in [0.15, 0.2) is 0 Å². The number of nitrogens with one attached hydrogen (secondary N) is 1. The maximum atomic E-state index is 11.6. The zero-order chi connectivity index (χ0) is 14.6. The van der Waals surface area contributed by atoms with E-state index in [0.29, 0.717) is 11.4 Å². The molecule has 7 heteroatoms. The number of methoxy groups -OCH3 is 1. The number of hydrogen-bond acceptors (Lipinski definition) is 5. The molecule has 0 fully saturated rings. The highest BCUT2D eigenvalue weighted by Crippen LogP contribution is 2.23. The van der Waals surface area contributed by atoms with Gasteiger partial charge in [-0.2, -0.15) is 0 Å². The Hall–Kier alpha value is -1.73. The first-order valence-corrected chi connectivity index (χ1v) is 5.77. The summed E-state index contributed by atoms with van der Waals surface area (Å²) in [4.78, 5) is 11.6. The van der Waals surface area contributed by atoms with Gasteiger partial charge in [-0.3, -0.25) is 5.32 Å². The lowest BCUT2D eigenvalue weighted by Gasteiger charge is -2.20. The molecule has 1 aromatic carbocycles. The number of rotatable bonds is 3. The predicted molar refractivity (Wildman–Crippen MR) is 72.7 cm³/mol. The van der Waals surface area contributed by atoms with Crippen LogP contribution >= 0.6 is 0 Å². The minimum Gasteiger partial charge on any atom is -0.495 e. The standard InChI is InChI=1S/C12H18BNO5/c1-12(2,3)19-11(15)14-9-6-5-8(13(16)17)7-10(9)18-4/h5-7,16-17H,1-4H3,(H,14,15). The maximum absolute atomic E-state index is 11.6. The van der Waals surface area contributed by atoms with Crippen molar-refractivity contribution >= 4 is 24.4 Å². The van der Waals surface area contributed by atoms with E-state index in [0.717, 1.165) is 0 Å². The van der Waals surface area contributed by atoms with Crippen LogP contribution < -0.4 is 15.5 Å². The molecule has 1 rings (SSSR count). The average Bonchev–Trinajstić information content (AvgIpc) is 2.26.